The summed E-state index contributed by atoms with van der Waals surface area (Å²) in [6, 6.07) is 5.57. The third kappa shape index (κ3) is 3.95. The van der Waals surface area contributed by atoms with Crippen molar-refractivity contribution in [3.05, 3.63) is 59.6 Å². The van der Waals surface area contributed by atoms with Gasteiger partial charge in [0.1, 0.15) is 34.9 Å². The van der Waals surface area contributed by atoms with Crippen LogP contribution in [0.15, 0.2) is 36.8 Å². The van der Waals surface area contributed by atoms with Gasteiger partial charge in [-0.2, -0.15) is 0 Å². The third-order valence-electron chi connectivity index (χ3n) is 4.07. The first-order valence-corrected chi connectivity index (χ1v) is 8.49. The number of anilines is 2. The number of hydrogen-bond donors (Lipinski definition) is 3. The Morgan fingerprint density at radius 2 is 2.04 bits per heavy atom. The lowest BCUT2D eigenvalue weighted by Gasteiger charge is -2.22. The van der Waals surface area contributed by atoms with Crippen LogP contribution >= 0.6 is 0 Å². The minimum Gasteiger partial charge on any atom is -0.393 e. The van der Waals surface area contributed by atoms with E-state index in [1.807, 2.05) is 0 Å². The number of hydrogen-bond acceptors (Lipinski definition) is 5. The molecule has 3 N–H and O–H groups in total. The third-order valence-corrected chi connectivity index (χ3v) is 4.07. The van der Waals surface area contributed by atoms with Crippen molar-refractivity contribution < 1.29 is 23.5 Å². The van der Waals surface area contributed by atoms with Crippen LogP contribution in [-0.4, -0.2) is 32.6 Å². The van der Waals surface area contributed by atoms with Crippen molar-refractivity contribution in [1.82, 2.24) is 14.9 Å². The predicted octanol–water partition coefficient (Wildman–Crippen LogP) is 3.10. The summed E-state index contributed by atoms with van der Waals surface area (Å²) in [5.41, 5.74) is 1.98. The van der Waals surface area contributed by atoms with Crippen molar-refractivity contribution in [3.8, 4) is 0 Å². The quantitative estimate of drug-likeness (QED) is 0.563. The molecule has 0 atom stereocenters. The first-order valence-electron chi connectivity index (χ1n) is 8.49. The zero-order valence-corrected chi connectivity index (χ0v) is 15.6. The lowest BCUT2D eigenvalue weighted by molar-refractivity contribution is -0.0956. The van der Waals surface area contributed by atoms with Crippen LogP contribution in [0.1, 0.15) is 29.8 Å². The van der Waals surface area contributed by atoms with E-state index in [0.29, 0.717) is 0 Å². The van der Waals surface area contributed by atoms with Crippen molar-refractivity contribution in [3.63, 3.8) is 0 Å². The number of hydroxylamine groups is 1. The number of pyridine rings is 1. The molecule has 0 saturated heterocycles. The molecular formula is C19H20F2N4O3. The number of halogens is 2. The highest BCUT2D eigenvalue weighted by Gasteiger charge is 2.23. The molecule has 0 aliphatic rings. The summed E-state index contributed by atoms with van der Waals surface area (Å²) in [4.78, 5) is 21.7. The summed E-state index contributed by atoms with van der Waals surface area (Å²) in [6.45, 7) is 4.53. The maximum atomic E-state index is 14.4. The van der Waals surface area contributed by atoms with Gasteiger partial charge in [0.25, 0.3) is 5.91 Å². The summed E-state index contributed by atoms with van der Waals surface area (Å²) in [7, 11) is 0. The molecule has 3 aromatic rings. The Morgan fingerprint density at radius 1 is 1.29 bits per heavy atom. The molecule has 7 nitrogen and oxygen atoms in total. The molecule has 0 bridgehead atoms. The summed E-state index contributed by atoms with van der Waals surface area (Å²) < 4.78 is 30.0. The van der Waals surface area contributed by atoms with Crippen LogP contribution in [-0.2, 0) is 4.84 Å². The number of amides is 1. The van der Waals surface area contributed by atoms with Crippen molar-refractivity contribution >= 4 is 22.9 Å². The molecule has 0 fully saturated rings. The van der Waals surface area contributed by atoms with Crippen LogP contribution in [0.3, 0.4) is 0 Å². The molecule has 1 aromatic carbocycles. The molecule has 1 amide bonds. The largest absolute Gasteiger partial charge is 0.393 e. The number of imidazole rings is 1. The first kappa shape index (κ1) is 19.7. The number of nitrogens with zero attached hydrogens (tertiary/aromatic N) is 2. The van der Waals surface area contributed by atoms with Gasteiger partial charge in [-0.3, -0.25) is 14.0 Å². The number of rotatable bonds is 6. The number of fused-ring (bicyclic) bond motifs is 1. The number of benzene rings is 1. The number of aryl methyl sites for hydroxylation is 1. The Bertz CT molecular complexity index is 1030. The van der Waals surface area contributed by atoms with Gasteiger partial charge in [-0.25, -0.2) is 19.2 Å². The average molecular weight is 390 g/mol. The summed E-state index contributed by atoms with van der Waals surface area (Å²) in [5.74, 6) is -1.87. The maximum Gasteiger partial charge on any atom is 0.278 e. The van der Waals surface area contributed by atoms with Crippen molar-refractivity contribution in [2.75, 3.05) is 11.9 Å². The zero-order valence-electron chi connectivity index (χ0n) is 15.6. The van der Waals surface area contributed by atoms with Gasteiger partial charge in [-0.15, -0.1) is 0 Å². The Kier molecular flexibility index (Phi) is 5.30. The van der Waals surface area contributed by atoms with E-state index in [2.05, 4.69) is 15.8 Å². The average Bonchev–Trinajstić information content (AvgIpc) is 3.14. The number of carbonyl (C=O) groups is 1. The SMILES string of the molecule is Cc1ccc(Nc2c(C(=O)NOC(C)(C)CO)cc(F)c3cncn23)c(F)c1. The van der Waals surface area contributed by atoms with Gasteiger partial charge in [0.05, 0.1) is 24.1 Å². The molecule has 0 aliphatic heterocycles. The van der Waals surface area contributed by atoms with Gasteiger partial charge in [-0.05, 0) is 44.5 Å². The van der Waals surface area contributed by atoms with Gasteiger partial charge in [-0.1, -0.05) is 6.07 Å². The fraction of sp³-hybridized carbons (Fsp3) is 0.263. The normalized spacial score (nSPS) is 11.6. The van der Waals surface area contributed by atoms with Gasteiger partial charge in [0, 0.05) is 0 Å². The second-order valence-electron chi connectivity index (χ2n) is 6.96. The zero-order chi connectivity index (χ0) is 20.5. The van der Waals surface area contributed by atoms with Crippen LogP contribution in [0.25, 0.3) is 5.52 Å². The molecule has 0 aliphatic carbocycles. The number of nitrogens with one attached hydrogen (secondary N) is 2. The van der Waals surface area contributed by atoms with Gasteiger partial charge >= 0.3 is 0 Å². The molecule has 0 spiro atoms. The smallest absolute Gasteiger partial charge is 0.278 e. The summed E-state index contributed by atoms with van der Waals surface area (Å²) in [5, 5.41) is 12.1. The molecule has 28 heavy (non-hydrogen) atoms. The van der Waals surface area contributed by atoms with E-state index in [0.717, 1.165) is 11.6 Å². The monoisotopic (exact) mass is 390 g/mol. The highest BCUT2D eigenvalue weighted by atomic mass is 19.1. The highest BCUT2D eigenvalue weighted by molar-refractivity contribution is 5.99. The Morgan fingerprint density at radius 3 is 2.71 bits per heavy atom. The van der Waals surface area contributed by atoms with E-state index >= 15 is 0 Å². The van der Waals surface area contributed by atoms with E-state index < -0.39 is 23.1 Å². The molecule has 0 saturated carbocycles. The van der Waals surface area contributed by atoms with Crippen molar-refractivity contribution in [1.29, 1.82) is 0 Å². The van der Waals surface area contributed by atoms with Crippen molar-refractivity contribution in [2.45, 2.75) is 26.4 Å². The van der Waals surface area contributed by atoms with E-state index in [4.69, 9.17) is 4.84 Å². The molecule has 2 aromatic heterocycles. The second-order valence-corrected chi connectivity index (χ2v) is 6.96. The standard InChI is InChI=1S/C19H20F2N4O3/c1-11-4-5-15(13(20)6-11)23-17-12(18(27)24-28-19(2,3)9-26)7-14(21)16-8-22-10-25(16)17/h4-8,10,23,26H,9H2,1-3H3,(H,24,27). The van der Waals surface area contributed by atoms with Gasteiger partial charge in [0.2, 0.25) is 0 Å². The second kappa shape index (κ2) is 7.53. The molecular weight excluding hydrogens is 370 g/mol. The number of carbonyl (C=O) groups excluding carboxylic acids is 1. The number of aromatic nitrogens is 2. The number of aliphatic hydroxyl groups is 1. The van der Waals surface area contributed by atoms with Crippen molar-refractivity contribution in [2.24, 2.45) is 0 Å². The van der Waals surface area contributed by atoms with Crippen LogP contribution < -0.4 is 10.8 Å². The van der Waals surface area contributed by atoms with Crippen LogP contribution in [0, 0.1) is 18.6 Å². The predicted molar refractivity (Wildman–Crippen MR) is 99.3 cm³/mol. The fourth-order valence-electron chi connectivity index (χ4n) is 2.47. The molecule has 0 radical (unpaired) electrons. The van der Waals surface area contributed by atoms with Crippen LogP contribution in [0.2, 0.25) is 0 Å². The Hall–Kier alpha value is -3.04. The molecule has 148 valence electrons. The Balaban J connectivity index is 2.04. The molecule has 0 unspecified atom stereocenters. The van der Waals surface area contributed by atoms with E-state index in [9.17, 15) is 18.7 Å². The fourth-order valence-corrected chi connectivity index (χ4v) is 2.47. The van der Waals surface area contributed by atoms with E-state index in [-0.39, 0.29) is 29.2 Å². The topological polar surface area (TPSA) is 87.9 Å². The number of aliphatic hydroxyl groups excluding tert-OH is 1. The molecule has 3 rings (SSSR count). The highest BCUT2D eigenvalue weighted by Crippen LogP contribution is 2.27. The van der Waals surface area contributed by atoms with Crippen LogP contribution in [0.5, 0.6) is 0 Å². The first-order chi connectivity index (χ1) is 13.2. The maximum absolute atomic E-state index is 14.4. The Labute approximate surface area is 159 Å². The lowest BCUT2D eigenvalue weighted by atomic mass is 10.1. The van der Waals surface area contributed by atoms with Gasteiger partial charge in [0.15, 0.2) is 0 Å². The lowest BCUT2D eigenvalue weighted by Crippen LogP contribution is -2.38. The molecule has 2 heterocycles. The van der Waals surface area contributed by atoms with Crippen LogP contribution in [0.4, 0.5) is 20.3 Å². The minimum absolute atomic E-state index is 0.109. The van der Waals surface area contributed by atoms with E-state index in [1.54, 1.807) is 26.8 Å². The minimum atomic E-state index is -1.04. The molecule has 9 heteroatoms. The summed E-state index contributed by atoms with van der Waals surface area (Å²) >= 11 is 0. The van der Waals surface area contributed by atoms with E-state index in [1.165, 1.54) is 29.1 Å². The van der Waals surface area contributed by atoms with Gasteiger partial charge < -0.3 is 10.4 Å². The summed E-state index contributed by atoms with van der Waals surface area (Å²) in [6.07, 6.45) is 2.60.